The van der Waals surface area contributed by atoms with Crippen LogP contribution in [-0.4, -0.2) is 77.1 Å². The van der Waals surface area contributed by atoms with Gasteiger partial charge in [0.2, 0.25) is 5.91 Å². The van der Waals surface area contributed by atoms with Crippen LogP contribution in [0, 0.1) is 0 Å². The summed E-state index contributed by atoms with van der Waals surface area (Å²) in [6, 6.07) is 1.70. The van der Waals surface area contributed by atoms with E-state index < -0.39 is 0 Å². The molecule has 2 N–H and O–H groups in total. The maximum atomic E-state index is 12.7. The van der Waals surface area contributed by atoms with Crippen molar-refractivity contribution in [2.24, 2.45) is 0 Å². The Hall–Kier alpha value is -2.35. The summed E-state index contributed by atoms with van der Waals surface area (Å²) in [6.45, 7) is 3.03. The fourth-order valence-electron chi connectivity index (χ4n) is 3.00. The molecule has 2 atom stereocenters. The van der Waals surface area contributed by atoms with Crippen molar-refractivity contribution in [2.45, 2.75) is 25.5 Å². The van der Waals surface area contributed by atoms with E-state index in [-0.39, 0.29) is 30.6 Å². The molecule has 0 aliphatic carbocycles. The van der Waals surface area contributed by atoms with E-state index in [2.05, 4.69) is 10.3 Å². The first kappa shape index (κ1) is 16.5. The molecule has 1 aromatic heterocycles. The number of hydrogen-bond acceptors (Lipinski definition) is 6. The summed E-state index contributed by atoms with van der Waals surface area (Å²) >= 11 is 0. The minimum absolute atomic E-state index is 0.000680. The third-order valence-electron chi connectivity index (χ3n) is 4.59. The number of fused-ring (bicyclic) bond motifs is 1. The lowest BCUT2D eigenvalue weighted by atomic mass is 10.2. The molecule has 1 saturated heterocycles. The van der Waals surface area contributed by atoms with Gasteiger partial charge in [0.1, 0.15) is 6.10 Å². The average Bonchev–Trinajstić information content (AvgIpc) is 3.09. The van der Waals surface area contributed by atoms with Crippen LogP contribution in [0.1, 0.15) is 23.7 Å². The fraction of sp³-hybridized carbons (Fsp3) is 0.562. The lowest BCUT2D eigenvalue weighted by Crippen LogP contribution is -2.39. The number of carbonyl (C=O) groups excluding carboxylic acids is 2. The normalized spacial score (nSPS) is 22.4. The molecule has 2 aliphatic heterocycles. The predicted molar refractivity (Wildman–Crippen MR) is 87.0 cm³/mol. The Labute approximate surface area is 140 Å². The Balaban J connectivity index is 1.71. The van der Waals surface area contributed by atoms with Gasteiger partial charge in [0.25, 0.3) is 5.91 Å². The van der Waals surface area contributed by atoms with E-state index in [0.29, 0.717) is 36.8 Å². The van der Waals surface area contributed by atoms with E-state index in [1.54, 1.807) is 22.9 Å². The van der Waals surface area contributed by atoms with Gasteiger partial charge in [-0.1, -0.05) is 0 Å². The molecule has 0 unspecified atom stereocenters. The highest BCUT2D eigenvalue weighted by atomic mass is 16.5. The topological polar surface area (TPSA) is 95.0 Å². The van der Waals surface area contributed by atoms with Crippen molar-refractivity contribution in [3.8, 4) is 5.75 Å². The SMILES string of the molecule is CC(=O)N(C)[C@H]1CCN(C(=O)c2cnc3c(c2)O[C@H](CO)CN3)C1. The van der Waals surface area contributed by atoms with Crippen molar-refractivity contribution < 1.29 is 19.4 Å². The third-order valence-corrected chi connectivity index (χ3v) is 4.59. The van der Waals surface area contributed by atoms with Gasteiger partial charge in [-0.25, -0.2) is 4.98 Å². The van der Waals surface area contributed by atoms with Crippen LogP contribution in [0.4, 0.5) is 5.82 Å². The molecule has 24 heavy (non-hydrogen) atoms. The number of hydrogen-bond donors (Lipinski definition) is 2. The average molecular weight is 334 g/mol. The molecule has 1 fully saturated rings. The van der Waals surface area contributed by atoms with Gasteiger partial charge in [0, 0.05) is 33.3 Å². The summed E-state index contributed by atoms with van der Waals surface area (Å²) in [5, 5.41) is 12.3. The second-order valence-corrected chi connectivity index (χ2v) is 6.20. The van der Waals surface area contributed by atoms with Crippen LogP contribution in [0.25, 0.3) is 0 Å². The summed E-state index contributed by atoms with van der Waals surface area (Å²) < 4.78 is 5.63. The van der Waals surface area contributed by atoms with Gasteiger partial charge in [-0.05, 0) is 12.5 Å². The van der Waals surface area contributed by atoms with Gasteiger partial charge >= 0.3 is 0 Å². The predicted octanol–water partition coefficient (Wildman–Crippen LogP) is -0.0604. The highest BCUT2D eigenvalue weighted by molar-refractivity contribution is 5.95. The van der Waals surface area contributed by atoms with Crippen LogP contribution in [0.3, 0.4) is 0 Å². The molecule has 8 nitrogen and oxygen atoms in total. The number of ether oxygens (including phenoxy) is 1. The number of likely N-dealkylation sites (N-methyl/N-ethyl adjacent to an activating group) is 1. The number of anilines is 1. The third kappa shape index (κ3) is 3.14. The van der Waals surface area contributed by atoms with E-state index >= 15 is 0 Å². The number of nitrogens with zero attached hydrogens (tertiary/aromatic N) is 3. The van der Waals surface area contributed by atoms with Crippen molar-refractivity contribution in [2.75, 3.05) is 38.6 Å². The number of aliphatic hydroxyl groups is 1. The van der Waals surface area contributed by atoms with E-state index in [9.17, 15) is 14.7 Å². The Morgan fingerprint density at radius 2 is 2.33 bits per heavy atom. The van der Waals surface area contributed by atoms with E-state index in [1.165, 1.54) is 13.1 Å². The van der Waals surface area contributed by atoms with Crippen molar-refractivity contribution in [1.82, 2.24) is 14.8 Å². The zero-order valence-corrected chi connectivity index (χ0v) is 13.9. The maximum Gasteiger partial charge on any atom is 0.255 e. The first-order valence-electron chi connectivity index (χ1n) is 8.03. The Morgan fingerprint density at radius 1 is 1.54 bits per heavy atom. The molecule has 1 aromatic rings. The molecule has 130 valence electrons. The molecule has 2 aliphatic rings. The van der Waals surface area contributed by atoms with Gasteiger partial charge in [-0.2, -0.15) is 0 Å². The summed E-state index contributed by atoms with van der Waals surface area (Å²) in [5.41, 5.74) is 0.445. The highest BCUT2D eigenvalue weighted by Gasteiger charge is 2.31. The van der Waals surface area contributed by atoms with Crippen LogP contribution in [0.5, 0.6) is 5.75 Å². The summed E-state index contributed by atoms with van der Waals surface area (Å²) in [7, 11) is 1.76. The second-order valence-electron chi connectivity index (χ2n) is 6.20. The second kappa shape index (κ2) is 6.64. The van der Waals surface area contributed by atoms with Crippen molar-refractivity contribution >= 4 is 17.6 Å². The number of aromatic nitrogens is 1. The molecule has 3 rings (SSSR count). The van der Waals surface area contributed by atoms with Crippen molar-refractivity contribution in [3.05, 3.63) is 17.8 Å². The van der Waals surface area contributed by atoms with Crippen LogP contribution >= 0.6 is 0 Å². The van der Waals surface area contributed by atoms with Crippen LogP contribution in [-0.2, 0) is 4.79 Å². The van der Waals surface area contributed by atoms with E-state index in [0.717, 1.165) is 6.42 Å². The quantitative estimate of drug-likeness (QED) is 0.804. The number of aliphatic hydroxyl groups excluding tert-OH is 1. The number of nitrogens with one attached hydrogen (secondary N) is 1. The Morgan fingerprint density at radius 3 is 3.04 bits per heavy atom. The molecule has 2 amide bonds. The number of pyridine rings is 1. The largest absolute Gasteiger partial charge is 0.482 e. The van der Waals surface area contributed by atoms with Gasteiger partial charge in [0.15, 0.2) is 11.6 Å². The number of carbonyl (C=O) groups is 2. The Bertz CT molecular complexity index is 651. The zero-order valence-electron chi connectivity index (χ0n) is 13.9. The maximum absolute atomic E-state index is 12.7. The van der Waals surface area contributed by atoms with Gasteiger partial charge < -0.3 is 25.0 Å². The zero-order chi connectivity index (χ0) is 17.3. The molecule has 8 heteroatoms. The van der Waals surface area contributed by atoms with Crippen molar-refractivity contribution in [3.63, 3.8) is 0 Å². The summed E-state index contributed by atoms with van der Waals surface area (Å²) in [6.07, 6.45) is 1.95. The molecular formula is C16H22N4O4. The van der Waals surface area contributed by atoms with Gasteiger partial charge in [0.05, 0.1) is 24.8 Å². The highest BCUT2D eigenvalue weighted by Crippen LogP contribution is 2.28. The minimum Gasteiger partial charge on any atom is -0.482 e. The number of amides is 2. The fourth-order valence-corrected chi connectivity index (χ4v) is 3.00. The van der Waals surface area contributed by atoms with Gasteiger partial charge in [-0.3, -0.25) is 9.59 Å². The molecule has 3 heterocycles. The summed E-state index contributed by atoms with van der Waals surface area (Å²) in [5.74, 6) is 0.924. The lowest BCUT2D eigenvalue weighted by Gasteiger charge is -2.26. The standard InChI is InChI=1S/C16H22N4O4/c1-10(22)19(2)12-3-4-20(8-12)16(23)11-5-14-15(17-6-11)18-7-13(9-21)24-14/h5-6,12-13,21H,3-4,7-9H2,1-2H3,(H,17,18)/t12-,13-/m0/s1. The minimum atomic E-state index is -0.343. The van der Waals surface area contributed by atoms with Crippen LogP contribution in [0.15, 0.2) is 12.3 Å². The number of likely N-dealkylation sites (tertiary alicyclic amines) is 1. The van der Waals surface area contributed by atoms with Crippen LogP contribution in [0.2, 0.25) is 0 Å². The lowest BCUT2D eigenvalue weighted by molar-refractivity contribution is -0.129. The summed E-state index contributed by atoms with van der Waals surface area (Å²) in [4.78, 5) is 31.8. The van der Waals surface area contributed by atoms with Crippen LogP contribution < -0.4 is 10.1 Å². The Kier molecular flexibility index (Phi) is 4.57. The molecule has 0 aromatic carbocycles. The molecule has 0 bridgehead atoms. The van der Waals surface area contributed by atoms with Crippen molar-refractivity contribution in [1.29, 1.82) is 0 Å². The van der Waals surface area contributed by atoms with Gasteiger partial charge in [-0.15, -0.1) is 0 Å². The van der Waals surface area contributed by atoms with E-state index in [4.69, 9.17) is 4.74 Å². The molecular weight excluding hydrogens is 312 g/mol. The monoisotopic (exact) mass is 334 g/mol. The molecule has 0 radical (unpaired) electrons. The first-order chi connectivity index (χ1) is 11.5. The first-order valence-corrected chi connectivity index (χ1v) is 8.03. The van der Waals surface area contributed by atoms with E-state index in [1.807, 2.05) is 0 Å². The number of rotatable bonds is 3. The smallest absolute Gasteiger partial charge is 0.255 e. The molecule has 0 spiro atoms. The molecule has 0 saturated carbocycles.